The fourth-order valence-electron chi connectivity index (χ4n) is 4.47. The maximum atomic E-state index is 13.8. The molecule has 0 bridgehead atoms. The van der Waals surface area contributed by atoms with Crippen molar-refractivity contribution in [1.29, 1.82) is 10.5 Å². The lowest BCUT2D eigenvalue weighted by Gasteiger charge is -2.27. The molecule has 1 fully saturated rings. The quantitative estimate of drug-likeness (QED) is 0.290. The van der Waals surface area contributed by atoms with Crippen LogP contribution in [0.1, 0.15) is 29.6 Å². The van der Waals surface area contributed by atoms with Crippen molar-refractivity contribution in [1.82, 2.24) is 14.2 Å². The van der Waals surface area contributed by atoms with Gasteiger partial charge in [0.15, 0.2) is 5.13 Å². The summed E-state index contributed by atoms with van der Waals surface area (Å²) in [6, 6.07) is 15.3. The second kappa shape index (κ2) is 14.3. The molecule has 13 heteroatoms. The van der Waals surface area contributed by atoms with Crippen LogP contribution in [0.4, 0.5) is 5.13 Å². The second-order valence-corrected chi connectivity index (χ2v) is 12.3. The number of nitrogens with zero attached hydrogens (tertiary/aromatic N) is 6. The number of rotatable bonds is 13. The van der Waals surface area contributed by atoms with E-state index >= 15 is 0 Å². The van der Waals surface area contributed by atoms with Crippen molar-refractivity contribution in [2.45, 2.75) is 24.2 Å². The number of nitriles is 2. The first-order chi connectivity index (χ1) is 19.9. The number of ether oxygens (including phenoxy) is 2. The van der Waals surface area contributed by atoms with Gasteiger partial charge in [0.2, 0.25) is 10.0 Å². The van der Waals surface area contributed by atoms with Crippen molar-refractivity contribution < 1.29 is 22.7 Å². The molecule has 216 valence electrons. The highest BCUT2D eigenvalue weighted by Gasteiger charge is 2.26. The Morgan fingerprint density at radius 2 is 1.76 bits per heavy atom. The zero-order chi connectivity index (χ0) is 29.2. The Hall–Kier alpha value is -3.59. The zero-order valence-corrected chi connectivity index (χ0v) is 24.5. The fraction of sp³-hybridized carbons (Fsp3) is 0.429. The Labute approximate surface area is 244 Å². The number of hydrogen-bond acceptors (Lipinski definition) is 10. The van der Waals surface area contributed by atoms with Crippen LogP contribution in [0, 0.1) is 22.7 Å². The molecule has 0 radical (unpaired) electrons. The summed E-state index contributed by atoms with van der Waals surface area (Å²) >= 11 is 1.41. The number of aromatic nitrogens is 1. The Morgan fingerprint density at radius 3 is 2.39 bits per heavy atom. The van der Waals surface area contributed by atoms with Crippen molar-refractivity contribution >= 4 is 42.6 Å². The minimum atomic E-state index is -3.94. The van der Waals surface area contributed by atoms with Crippen LogP contribution >= 0.6 is 11.3 Å². The molecule has 1 saturated heterocycles. The Morgan fingerprint density at radius 1 is 1.07 bits per heavy atom. The second-order valence-electron chi connectivity index (χ2n) is 9.34. The normalized spacial score (nSPS) is 14.0. The van der Waals surface area contributed by atoms with Crippen LogP contribution in [0.15, 0.2) is 47.4 Å². The lowest BCUT2D eigenvalue weighted by atomic mass is 10.2. The molecule has 2 aromatic carbocycles. The summed E-state index contributed by atoms with van der Waals surface area (Å²) < 4.78 is 39.2. The van der Waals surface area contributed by atoms with Crippen molar-refractivity contribution in [3.63, 3.8) is 0 Å². The number of fused-ring (bicyclic) bond motifs is 1. The lowest BCUT2D eigenvalue weighted by Crippen LogP contribution is -2.39. The van der Waals surface area contributed by atoms with Crippen LogP contribution in [0.2, 0.25) is 0 Å². The number of hydrogen-bond donors (Lipinski definition) is 0. The van der Waals surface area contributed by atoms with Gasteiger partial charge in [0.1, 0.15) is 5.75 Å². The van der Waals surface area contributed by atoms with Crippen molar-refractivity contribution in [2.24, 2.45) is 0 Å². The SMILES string of the molecule is COc1ccc2sc(N(CCCN3CCOCC3)C(=O)c3ccc(S(=O)(=O)N(CCC#N)CCC#N)cc3)nc2c1. The smallest absolute Gasteiger partial charge is 0.260 e. The van der Waals surface area contributed by atoms with Crippen LogP contribution < -0.4 is 9.64 Å². The van der Waals surface area contributed by atoms with Crippen LogP contribution in [0.3, 0.4) is 0 Å². The molecule has 0 unspecified atom stereocenters. The summed E-state index contributed by atoms with van der Waals surface area (Å²) in [7, 11) is -2.35. The summed E-state index contributed by atoms with van der Waals surface area (Å²) in [5.74, 6) is 0.391. The molecule has 1 aromatic heterocycles. The summed E-state index contributed by atoms with van der Waals surface area (Å²) in [5.41, 5.74) is 1.05. The summed E-state index contributed by atoms with van der Waals surface area (Å²) in [6.07, 6.45) is 0.744. The first-order valence-electron chi connectivity index (χ1n) is 13.3. The van der Waals surface area contributed by atoms with E-state index in [1.54, 1.807) is 12.0 Å². The average Bonchev–Trinajstić information content (AvgIpc) is 3.42. The average molecular weight is 597 g/mol. The summed E-state index contributed by atoms with van der Waals surface area (Å²) in [6.45, 7) is 4.31. The maximum absolute atomic E-state index is 13.8. The first kappa shape index (κ1) is 30.4. The molecule has 1 amide bonds. The molecule has 11 nitrogen and oxygen atoms in total. The number of carbonyl (C=O) groups is 1. The third kappa shape index (κ3) is 7.58. The van der Waals surface area contributed by atoms with Gasteiger partial charge in [-0.2, -0.15) is 14.8 Å². The molecular formula is C28H32N6O5S2. The minimum absolute atomic E-state index is 0.00382. The molecule has 3 aromatic rings. The zero-order valence-electron chi connectivity index (χ0n) is 22.9. The molecule has 0 aliphatic carbocycles. The van der Waals surface area contributed by atoms with Gasteiger partial charge in [0.05, 0.1) is 47.6 Å². The number of carbonyl (C=O) groups excluding carboxylic acids is 1. The van der Waals surface area contributed by atoms with E-state index in [0.29, 0.717) is 36.2 Å². The van der Waals surface area contributed by atoms with Crippen LogP contribution in [-0.2, 0) is 14.8 Å². The Bertz CT molecular complexity index is 1500. The predicted octanol–water partition coefficient (Wildman–Crippen LogP) is 3.49. The number of benzene rings is 2. The Balaban J connectivity index is 1.58. The third-order valence-corrected chi connectivity index (χ3v) is 9.68. The highest BCUT2D eigenvalue weighted by atomic mass is 32.2. The highest BCUT2D eigenvalue weighted by Crippen LogP contribution is 2.32. The van der Waals surface area contributed by atoms with Gasteiger partial charge >= 0.3 is 0 Å². The van der Waals surface area contributed by atoms with E-state index in [9.17, 15) is 13.2 Å². The monoisotopic (exact) mass is 596 g/mol. The molecular weight excluding hydrogens is 564 g/mol. The van der Waals surface area contributed by atoms with Gasteiger partial charge in [-0.25, -0.2) is 13.4 Å². The highest BCUT2D eigenvalue weighted by molar-refractivity contribution is 7.89. The molecule has 0 N–H and O–H groups in total. The van der Waals surface area contributed by atoms with Gasteiger partial charge in [-0.15, -0.1) is 0 Å². The van der Waals surface area contributed by atoms with E-state index in [1.165, 1.54) is 35.6 Å². The molecule has 0 saturated carbocycles. The van der Waals surface area contributed by atoms with Crippen molar-refractivity contribution in [3.8, 4) is 17.9 Å². The topological polar surface area (TPSA) is 140 Å². The predicted molar refractivity (Wildman–Crippen MR) is 155 cm³/mol. The number of anilines is 1. The lowest BCUT2D eigenvalue weighted by molar-refractivity contribution is 0.0376. The summed E-state index contributed by atoms with van der Waals surface area (Å²) in [4.78, 5) is 22.5. The van der Waals surface area contributed by atoms with Gasteiger partial charge in [0.25, 0.3) is 5.91 Å². The van der Waals surface area contributed by atoms with E-state index in [2.05, 4.69) is 4.90 Å². The van der Waals surface area contributed by atoms with Gasteiger partial charge < -0.3 is 9.47 Å². The van der Waals surface area contributed by atoms with Crippen LogP contribution in [0.5, 0.6) is 5.75 Å². The van der Waals surface area contributed by atoms with E-state index in [4.69, 9.17) is 25.0 Å². The van der Waals surface area contributed by atoms with E-state index in [-0.39, 0.29) is 36.7 Å². The Kier molecular flexibility index (Phi) is 10.6. The largest absolute Gasteiger partial charge is 0.497 e. The standard InChI is InChI=1S/C28H32N6O5S2/c1-38-23-7-10-26-25(21-23)31-28(40-26)34(16-4-13-32-17-19-39-20-18-32)27(35)22-5-8-24(9-6-22)41(36,37)33(14-2-11-29)15-3-12-30/h5-10,21H,2-4,13-20H2,1H3. The first-order valence-corrected chi connectivity index (χ1v) is 15.5. The van der Waals surface area contributed by atoms with Gasteiger partial charge in [-0.3, -0.25) is 14.6 Å². The maximum Gasteiger partial charge on any atom is 0.260 e. The molecule has 1 aliphatic rings. The number of thiazole rings is 1. The van der Waals surface area contributed by atoms with E-state index < -0.39 is 10.0 Å². The van der Waals surface area contributed by atoms with Crippen LogP contribution in [0.25, 0.3) is 10.2 Å². The number of amides is 1. The van der Waals surface area contributed by atoms with Crippen molar-refractivity contribution in [2.75, 3.05) is 64.5 Å². The summed E-state index contributed by atoms with van der Waals surface area (Å²) in [5, 5.41) is 18.4. The van der Waals surface area contributed by atoms with Crippen molar-refractivity contribution in [3.05, 3.63) is 48.0 Å². The number of sulfonamides is 1. The van der Waals surface area contributed by atoms with Gasteiger partial charge in [-0.05, 0) is 42.8 Å². The molecule has 2 heterocycles. The number of morpholine rings is 1. The number of methoxy groups -OCH3 is 1. The van der Waals surface area contributed by atoms with E-state index in [0.717, 1.165) is 40.6 Å². The van der Waals surface area contributed by atoms with E-state index in [1.807, 2.05) is 30.3 Å². The molecule has 4 rings (SSSR count). The van der Waals surface area contributed by atoms with Gasteiger partial charge in [-0.1, -0.05) is 11.3 Å². The minimum Gasteiger partial charge on any atom is -0.497 e. The van der Waals surface area contributed by atoms with Gasteiger partial charge in [0, 0.05) is 63.7 Å². The van der Waals surface area contributed by atoms with Crippen LogP contribution in [-0.4, -0.2) is 88.1 Å². The molecule has 1 aliphatic heterocycles. The molecule has 0 spiro atoms. The fourth-order valence-corrected chi connectivity index (χ4v) is 6.89. The molecule has 41 heavy (non-hydrogen) atoms. The third-order valence-electron chi connectivity index (χ3n) is 6.70. The molecule has 0 atom stereocenters.